The summed E-state index contributed by atoms with van der Waals surface area (Å²) < 4.78 is 4.71. The molecule has 0 amide bonds. The van der Waals surface area contributed by atoms with Gasteiger partial charge in [0.25, 0.3) is 5.65 Å². The van der Waals surface area contributed by atoms with Crippen molar-refractivity contribution in [2.24, 2.45) is 0 Å². The summed E-state index contributed by atoms with van der Waals surface area (Å²) in [5.41, 5.74) is 3.68. The molecule has 0 aliphatic carbocycles. The number of carbonyl (C=O) groups excluding carboxylic acids is 1. The molecule has 0 aliphatic rings. The minimum absolute atomic E-state index is 0.203. The number of carbonyl (C=O) groups is 1. The molecular weight excluding hydrogens is 394 g/mol. The van der Waals surface area contributed by atoms with Gasteiger partial charge in [-0.05, 0) is 53.5 Å². The molecule has 0 spiro atoms. The van der Waals surface area contributed by atoms with Crippen LogP contribution in [-0.4, -0.2) is 15.3 Å². The van der Waals surface area contributed by atoms with E-state index in [1.807, 2.05) is 59.9 Å². The number of thiazole rings is 1. The van der Waals surface area contributed by atoms with Gasteiger partial charge in [-0.25, -0.2) is 0 Å². The highest BCUT2D eigenvalue weighted by molar-refractivity contribution is 7.24. The maximum absolute atomic E-state index is 13.4. The summed E-state index contributed by atoms with van der Waals surface area (Å²) in [5, 5.41) is 14.0. The molecule has 2 aromatic carbocycles. The lowest BCUT2D eigenvalue weighted by Gasteiger charge is -2.14. The Hall–Kier alpha value is -3.25. The van der Waals surface area contributed by atoms with Crippen molar-refractivity contribution in [2.75, 3.05) is 0 Å². The summed E-state index contributed by atoms with van der Waals surface area (Å²) in [7, 11) is 0. The highest BCUT2D eigenvalue weighted by atomic mass is 32.1. The van der Waals surface area contributed by atoms with E-state index in [0.29, 0.717) is 17.0 Å². The molecule has 0 saturated carbocycles. The Morgan fingerprint density at radius 3 is 2.50 bits per heavy atom. The van der Waals surface area contributed by atoms with Crippen molar-refractivity contribution >= 4 is 43.2 Å². The van der Waals surface area contributed by atoms with Crippen LogP contribution in [-0.2, 0) is 0 Å². The van der Waals surface area contributed by atoms with Crippen molar-refractivity contribution in [1.29, 1.82) is 0 Å². The molecule has 5 aromatic rings. The first-order valence-electron chi connectivity index (χ1n) is 9.95. The average Bonchev–Trinajstić information content (AvgIpc) is 3.23. The molecule has 0 N–H and O–H groups in total. The molecule has 150 valence electrons. The molecule has 0 unspecified atom stereocenters. The predicted molar refractivity (Wildman–Crippen MR) is 118 cm³/mol. The molecule has 30 heavy (non-hydrogen) atoms. The second kappa shape index (κ2) is 6.64. The number of rotatable bonds is 3. The lowest BCUT2D eigenvalue weighted by Crippen LogP contribution is -2.25. The normalized spacial score (nSPS) is 11.9. The zero-order valence-electron chi connectivity index (χ0n) is 17.3. The number of fused-ring (bicyclic) bond motifs is 5. The fourth-order valence-corrected chi connectivity index (χ4v) is 5.33. The number of benzene rings is 2. The van der Waals surface area contributed by atoms with Crippen LogP contribution in [0.15, 0.2) is 48.5 Å². The van der Waals surface area contributed by atoms with Gasteiger partial charge >= 0.3 is 5.82 Å². The number of hydrogen-bond donors (Lipinski definition) is 0. The summed E-state index contributed by atoms with van der Waals surface area (Å²) in [6.45, 7) is 7.65. The van der Waals surface area contributed by atoms with Gasteiger partial charge in [0.2, 0.25) is 4.83 Å². The number of nitrogens with zero attached hydrogens (tertiary/aromatic N) is 3. The molecule has 5 nitrogen and oxygen atoms in total. The van der Waals surface area contributed by atoms with Gasteiger partial charge in [-0.1, -0.05) is 49.4 Å². The monoisotopic (exact) mass is 415 g/mol. The van der Waals surface area contributed by atoms with Crippen LogP contribution in [0.1, 0.15) is 48.4 Å². The molecule has 3 aromatic heterocycles. The molecule has 6 heteroatoms. The van der Waals surface area contributed by atoms with Gasteiger partial charge in [-0.2, -0.15) is 4.40 Å². The van der Waals surface area contributed by atoms with E-state index in [2.05, 4.69) is 13.8 Å². The molecule has 0 saturated heterocycles. The SMILES string of the molecule is CC(=O)c1c([O-])n(-c2ccc(C(C)C)cc2)c2nc(C)[n+]3c4ccccc4sc3c12. The van der Waals surface area contributed by atoms with Crippen molar-refractivity contribution in [1.82, 2.24) is 9.55 Å². The predicted octanol–water partition coefficient (Wildman–Crippen LogP) is 4.69. The minimum Gasteiger partial charge on any atom is -0.859 e. The fraction of sp³-hybridized carbons (Fsp3) is 0.208. The second-order valence-corrected chi connectivity index (χ2v) is 8.92. The second-order valence-electron chi connectivity index (χ2n) is 7.89. The first kappa shape index (κ1) is 18.8. The van der Waals surface area contributed by atoms with Crippen molar-refractivity contribution in [3.8, 4) is 11.6 Å². The Kier molecular flexibility index (Phi) is 4.15. The van der Waals surface area contributed by atoms with E-state index in [-0.39, 0.29) is 17.2 Å². The average molecular weight is 416 g/mol. The van der Waals surface area contributed by atoms with Crippen LogP contribution in [0.4, 0.5) is 0 Å². The van der Waals surface area contributed by atoms with Crippen LogP contribution < -0.4 is 9.51 Å². The van der Waals surface area contributed by atoms with Crippen LogP contribution in [0.25, 0.3) is 31.8 Å². The van der Waals surface area contributed by atoms with Crippen LogP contribution in [0.2, 0.25) is 0 Å². The van der Waals surface area contributed by atoms with Crippen LogP contribution >= 0.6 is 11.3 Å². The molecule has 3 heterocycles. The summed E-state index contributed by atoms with van der Waals surface area (Å²) in [6, 6.07) is 16.0. The third kappa shape index (κ3) is 2.57. The first-order chi connectivity index (χ1) is 14.4. The maximum Gasteiger partial charge on any atom is 0.304 e. The fourth-order valence-electron chi connectivity index (χ4n) is 4.10. The zero-order valence-corrected chi connectivity index (χ0v) is 18.1. The molecule has 0 fully saturated rings. The number of Topliss-reactive ketones (excluding diaryl/α,β-unsaturated/α-hetero) is 1. The highest BCUT2D eigenvalue weighted by Gasteiger charge is 2.28. The molecule has 0 radical (unpaired) electrons. The lowest BCUT2D eigenvalue weighted by atomic mass is 10.0. The van der Waals surface area contributed by atoms with E-state index < -0.39 is 0 Å². The molecule has 0 aliphatic heterocycles. The summed E-state index contributed by atoms with van der Waals surface area (Å²) >= 11 is 1.58. The van der Waals surface area contributed by atoms with Crippen molar-refractivity contribution in [3.05, 3.63) is 65.5 Å². The van der Waals surface area contributed by atoms with Crippen molar-refractivity contribution in [2.45, 2.75) is 33.6 Å². The Bertz CT molecular complexity index is 1460. The van der Waals surface area contributed by atoms with Gasteiger partial charge in [0.05, 0.1) is 4.70 Å². The quantitative estimate of drug-likeness (QED) is 0.317. The topological polar surface area (TPSA) is 62.0 Å². The first-order valence-corrected chi connectivity index (χ1v) is 10.8. The minimum atomic E-state index is -0.313. The van der Waals surface area contributed by atoms with Crippen LogP contribution in [0.3, 0.4) is 0 Å². The van der Waals surface area contributed by atoms with Gasteiger partial charge in [-0.15, -0.1) is 0 Å². The number of aromatic nitrogens is 3. The van der Waals surface area contributed by atoms with Gasteiger partial charge in [0.1, 0.15) is 5.39 Å². The molecule has 0 bridgehead atoms. The van der Waals surface area contributed by atoms with Gasteiger partial charge < -0.3 is 5.11 Å². The number of aryl methyl sites for hydroxylation is 1. The van der Waals surface area contributed by atoms with Crippen molar-refractivity contribution in [3.63, 3.8) is 0 Å². The highest BCUT2D eigenvalue weighted by Crippen LogP contribution is 2.37. The molecular formula is C24H21N3O2S. The Morgan fingerprint density at radius 1 is 1.13 bits per heavy atom. The standard InChI is InChI=1S/C24H21N3O2S/c1-13(2)16-9-11-17(12-10-16)27-22-21(20(14(3)28)23(27)29)24-26(15(4)25-22)18-7-5-6-8-19(18)30-24/h5-13H,1-4H3. The van der Waals surface area contributed by atoms with E-state index in [1.165, 1.54) is 12.5 Å². The largest absolute Gasteiger partial charge is 0.859 e. The Labute approximate surface area is 177 Å². The van der Waals surface area contributed by atoms with Crippen LogP contribution in [0, 0.1) is 6.92 Å². The van der Waals surface area contributed by atoms with E-state index in [0.717, 1.165) is 26.6 Å². The number of para-hydroxylation sites is 1. The molecule has 0 atom stereocenters. The third-order valence-electron chi connectivity index (χ3n) is 5.59. The van der Waals surface area contributed by atoms with Crippen molar-refractivity contribution < 1.29 is 14.3 Å². The van der Waals surface area contributed by atoms with Gasteiger partial charge in [0.15, 0.2) is 11.3 Å². The van der Waals surface area contributed by atoms with E-state index in [4.69, 9.17) is 4.98 Å². The Morgan fingerprint density at radius 2 is 1.83 bits per heavy atom. The summed E-state index contributed by atoms with van der Waals surface area (Å²) in [4.78, 5) is 18.2. The summed E-state index contributed by atoms with van der Waals surface area (Å²) in [5.74, 6) is 0.623. The molecule has 5 rings (SSSR count). The van der Waals surface area contributed by atoms with Gasteiger partial charge in [0, 0.05) is 18.2 Å². The van der Waals surface area contributed by atoms with Gasteiger partial charge in [-0.3, -0.25) is 9.36 Å². The third-order valence-corrected chi connectivity index (χ3v) is 6.74. The number of hydrogen-bond acceptors (Lipinski definition) is 4. The number of ketones is 1. The van der Waals surface area contributed by atoms with E-state index in [9.17, 15) is 9.90 Å². The maximum atomic E-state index is 13.4. The van der Waals surface area contributed by atoms with E-state index in [1.54, 1.807) is 15.9 Å². The summed E-state index contributed by atoms with van der Waals surface area (Å²) in [6.07, 6.45) is 0. The van der Waals surface area contributed by atoms with Crippen LogP contribution in [0.5, 0.6) is 5.88 Å². The smallest absolute Gasteiger partial charge is 0.304 e. The Balaban J connectivity index is 1.93. The van der Waals surface area contributed by atoms with E-state index >= 15 is 0 Å². The lowest BCUT2D eigenvalue weighted by molar-refractivity contribution is -0.489. The zero-order chi connectivity index (χ0) is 21.2.